The fraction of sp³-hybridized carbons (Fsp3) is 0.560. The third-order valence-corrected chi connectivity index (χ3v) is 10.1. The molecule has 1 unspecified atom stereocenters. The van der Waals surface area contributed by atoms with E-state index in [-0.39, 0.29) is 35.5 Å². The van der Waals surface area contributed by atoms with Crippen molar-refractivity contribution in [3.05, 3.63) is 41.7 Å². The van der Waals surface area contributed by atoms with Crippen molar-refractivity contribution >= 4 is 38.0 Å². The maximum absolute atomic E-state index is 13.5. The number of benzene rings is 1. The molecule has 2 aliphatic rings. The lowest BCUT2D eigenvalue weighted by Gasteiger charge is -2.40. The second kappa shape index (κ2) is 10.3. The summed E-state index contributed by atoms with van der Waals surface area (Å²) in [5.41, 5.74) is -1.90. The van der Waals surface area contributed by atoms with E-state index in [4.69, 9.17) is 4.74 Å². The molecule has 0 saturated carbocycles. The van der Waals surface area contributed by atoms with Gasteiger partial charge in [-0.3, -0.25) is 0 Å². The summed E-state index contributed by atoms with van der Waals surface area (Å²) in [6.45, 7) is 7.60. The zero-order valence-electron chi connectivity index (χ0n) is 21.6. The number of nitrogens with zero attached hydrogens (tertiary/aromatic N) is 3. The van der Waals surface area contributed by atoms with Gasteiger partial charge in [-0.1, -0.05) is 0 Å². The SMILES string of the molecule is C[C@@H]1CN(c2ccc(F)cc2C(F)(F)F)CCN1S(=O)(=O)c1ccc(N2CCCC2C(=O)OC(C)(C)C)s1. The quantitative estimate of drug-likeness (QED) is 0.363. The largest absolute Gasteiger partial charge is 0.458 e. The molecule has 3 heterocycles. The van der Waals surface area contributed by atoms with Gasteiger partial charge in [0.1, 0.15) is 21.7 Å². The van der Waals surface area contributed by atoms with Gasteiger partial charge in [0.05, 0.1) is 10.6 Å². The molecule has 7 nitrogen and oxygen atoms in total. The van der Waals surface area contributed by atoms with Gasteiger partial charge in [-0.15, -0.1) is 11.3 Å². The number of rotatable bonds is 5. The second-order valence-corrected chi connectivity index (χ2v) is 13.7. The molecule has 0 amide bonds. The van der Waals surface area contributed by atoms with Crippen molar-refractivity contribution in [2.75, 3.05) is 36.0 Å². The highest BCUT2D eigenvalue weighted by Crippen LogP contribution is 2.39. The van der Waals surface area contributed by atoms with Crippen LogP contribution in [-0.4, -0.2) is 62.6 Å². The van der Waals surface area contributed by atoms with Crippen LogP contribution in [0.3, 0.4) is 0 Å². The standard InChI is InChI=1S/C25H31F4N3O4S2/c1-16-15-30(19-8-7-17(26)14-18(19)25(27,28)29)12-13-32(16)38(34,35)22-10-9-21(37-22)31-11-5-6-20(31)23(33)36-24(2,3)4/h7-10,14,16,20H,5-6,11-13,15H2,1-4H3/t16-,20?/m1/s1. The minimum absolute atomic E-state index is 0.0129. The third-order valence-electron chi connectivity index (χ3n) is 6.52. The van der Waals surface area contributed by atoms with Gasteiger partial charge in [-0.2, -0.15) is 17.5 Å². The van der Waals surface area contributed by atoms with Crippen molar-refractivity contribution < 1.29 is 35.5 Å². The molecule has 2 aliphatic heterocycles. The number of carbonyl (C=O) groups is 1. The van der Waals surface area contributed by atoms with Crippen LogP contribution in [0.25, 0.3) is 0 Å². The summed E-state index contributed by atoms with van der Waals surface area (Å²) in [6.07, 6.45) is -3.37. The molecular formula is C25H31F4N3O4S2. The summed E-state index contributed by atoms with van der Waals surface area (Å²) >= 11 is 1.06. The fourth-order valence-electron chi connectivity index (χ4n) is 4.89. The number of carbonyl (C=O) groups excluding carboxylic acids is 1. The molecule has 1 aromatic carbocycles. The Morgan fingerprint density at radius 1 is 1.08 bits per heavy atom. The Hall–Kier alpha value is -2.38. The average molecular weight is 578 g/mol. The number of sulfonamides is 1. The number of thiophene rings is 1. The molecule has 2 fully saturated rings. The Balaban J connectivity index is 1.51. The highest BCUT2D eigenvalue weighted by Gasteiger charge is 2.40. The van der Waals surface area contributed by atoms with Crippen molar-refractivity contribution in [2.45, 2.75) is 68.6 Å². The maximum atomic E-state index is 13.5. The Labute approximate surface area is 224 Å². The van der Waals surface area contributed by atoms with Crippen molar-refractivity contribution in [1.29, 1.82) is 0 Å². The molecule has 2 saturated heterocycles. The molecule has 0 aliphatic carbocycles. The zero-order valence-corrected chi connectivity index (χ0v) is 23.2. The Kier molecular flexibility index (Phi) is 7.76. The fourth-order valence-corrected chi connectivity index (χ4v) is 8.00. The van der Waals surface area contributed by atoms with E-state index in [1.54, 1.807) is 33.8 Å². The van der Waals surface area contributed by atoms with Crippen LogP contribution >= 0.6 is 11.3 Å². The van der Waals surface area contributed by atoms with Crippen molar-refractivity contribution in [3.8, 4) is 0 Å². The Bertz CT molecular complexity index is 1290. The first-order chi connectivity index (χ1) is 17.6. The minimum Gasteiger partial charge on any atom is -0.458 e. The molecule has 2 atom stereocenters. The molecule has 13 heteroatoms. The maximum Gasteiger partial charge on any atom is 0.418 e. The van der Waals surface area contributed by atoms with Crippen LogP contribution in [0.5, 0.6) is 0 Å². The molecule has 0 radical (unpaired) electrons. The van der Waals surface area contributed by atoms with Gasteiger partial charge in [0, 0.05) is 37.9 Å². The molecule has 2 aromatic rings. The number of piperazine rings is 1. The summed E-state index contributed by atoms with van der Waals surface area (Å²) in [7, 11) is -3.94. The van der Waals surface area contributed by atoms with Gasteiger partial charge in [0.25, 0.3) is 10.0 Å². The third kappa shape index (κ3) is 5.94. The summed E-state index contributed by atoms with van der Waals surface area (Å²) in [4.78, 5) is 16.0. The van der Waals surface area contributed by atoms with Crippen LogP contribution in [0.1, 0.15) is 46.1 Å². The number of anilines is 2. The highest BCUT2D eigenvalue weighted by molar-refractivity contribution is 7.91. The lowest BCUT2D eigenvalue weighted by Crippen LogP contribution is -2.54. The van der Waals surface area contributed by atoms with Gasteiger partial charge in [0.2, 0.25) is 0 Å². The van der Waals surface area contributed by atoms with E-state index < -0.39 is 45.3 Å². The number of ether oxygens (including phenoxy) is 1. The first-order valence-corrected chi connectivity index (χ1v) is 14.6. The van der Waals surface area contributed by atoms with E-state index in [2.05, 4.69) is 0 Å². The summed E-state index contributed by atoms with van der Waals surface area (Å²) in [5, 5.41) is 0.643. The predicted molar refractivity (Wildman–Crippen MR) is 138 cm³/mol. The van der Waals surface area contributed by atoms with Crippen LogP contribution in [0.2, 0.25) is 0 Å². The monoisotopic (exact) mass is 577 g/mol. The van der Waals surface area contributed by atoms with E-state index >= 15 is 0 Å². The van der Waals surface area contributed by atoms with Crippen LogP contribution < -0.4 is 9.80 Å². The lowest BCUT2D eigenvalue weighted by molar-refractivity contribution is -0.156. The van der Waals surface area contributed by atoms with Crippen molar-refractivity contribution in [3.63, 3.8) is 0 Å². The molecule has 4 rings (SSSR count). The van der Waals surface area contributed by atoms with Crippen LogP contribution in [0.4, 0.5) is 28.3 Å². The average Bonchev–Trinajstić information content (AvgIpc) is 3.47. The lowest BCUT2D eigenvalue weighted by atomic mass is 10.1. The van der Waals surface area contributed by atoms with Gasteiger partial charge in [-0.25, -0.2) is 17.6 Å². The molecule has 0 bridgehead atoms. The number of halogens is 4. The topological polar surface area (TPSA) is 70.2 Å². The summed E-state index contributed by atoms with van der Waals surface area (Å²) < 4.78 is 88.1. The Morgan fingerprint density at radius 3 is 2.42 bits per heavy atom. The Morgan fingerprint density at radius 2 is 1.79 bits per heavy atom. The molecular weight excluding hydrogens is 546 g/mol. The van der Waals surface area contributed by atoms with E-state index in [0.29, 0.717) is 24.0 Å². The summed E-state index contributed by atoms with van der Waals surface area (Å²) in [6, 6.07) is 4.55. The van der Waals surface area contributed by atoms with Crippen LogP contribution in [0.15, 0.2) is 34.5 Å². The molecule has 210 valence electrons. The normalized spacial score (nSPS) is 21.7. The van der Waals surface area contributed by atoms with Crippen molar-refractivity contribution in [2.24, 2.45) is 0 Å². The second-order valence-electron chi connectivity index (χ2n) is 10.5. The number of hydrogen-bond acceptors (Lipinski definition) is 7. The number of esters is 1. The van der Waals surface area contributed by atoms with Gasteiger partial charge in [0.15, 0.2) is 0 Å². The number of alkyl halides is 3. The van der Waals surface area contributed by atoms with Gasteiger partial charge >= 0.3 is 12.1 Å². The first kappa shape index (κ1) is 28.6. The van der Waals surface area contributed by atoms with E-state index in [9.17, 15) is 30.8 Å². The minimum atomic E-state index is -4.75. The highest BCUT2D eigenvalue weighted by atomic mass is 32.2. The van der Waals surface area contributed by atoms with Crippen LogP contribution in [-0.2, 0) is 25.7 Å². The van der Waals surface area contributed by atoms with E-state index in [0.717, 1.165) is 29.9 Å². The zero-order chi connectivity index (χ0) is 28.0. The van der Waals surface area contributed by atoms with Gasteiger partial charge in [-0.05, 0) is 70.9 Å². The van der Waals surface area contributed by atoms with E-state index in [1.807, 2.05) is 4.90 Å². The predicted octanol–water partition coefficient (Wildman–Crippen LogP) is 5.12. The summed E-state index contributed by atoms with van der Waals surface area (Å²) in [5.74, 6) is -1.34. The van der Waals surface area contributed by atoms with Crippen LogP contribution in [0, 0.1) is 5.82 Å². The molecule has 38 heavy (non-hydrogen) atoms. The van der Waals surface area contributed by atoms with E-state index in [1.165, 1.54) is 15.3 Å². The number of hydrogen-bond donors (Lipinski definition) is 0. The first-order valence-electron chi connectivity index (χ1n) is 12.3. The molecule has 0 spiro atoms. The molecule has 1 aromatic heterocycles. The van der Waals surface area contributed by atoms with Gasteiger partial charge < -0.3 is 14.5 Å². The molecule has 0 N–H and O–H groups in total. The smallest absolute Gasteiger partial charge is 0.418 e. The van der Waals surface area contributed by atoms with Crippen molar-refractivity contribution in [1.82, 2.24) is 4.31 Å².